The van der Waals surface area contributed by atoms with Crippen LogP contribution >= 0.6 is 11.8 Å². The first-order chi connectivity index (χ1) is 6.43. The Kier molecular flexibility index (Phi) is 6.73. The third kappa shape index (κ3) is 5.58. The minimum Gasteiger partial charge on any atom is -0.316 e. The van der Waals surface area contributed by atoms with Crippen molar-refractivity contribution in [3.8, 4) is 0 Å². The van der Waals surface area contributed by atoms with Gasteiger partial charge in [0.1, 0.15) is 0 Å². The van der Waals surface area contributed by atoms with Crippen molar-refractivity contribution in [2.75, 3.05) is 24.6 Å². The first kappa shape index (κ1) is 11.4. The van der Waals surface area contributed by atoms with Crippen molar-refractivity contribution < 1.29 is 0 Å². The second-order valence-electron chi connectivity index (χ2n) is 3.99. The Bertz CT molecular complexity index is 111. The summed E-state index contributed by atoms with van der Waals surface area (Å²) in [5.74, 6) is 3.75. The Morgan fingerprint density at radius 2 is 2.23 bits per heavy atom. The molecule has 1 rings (SSSR count). The van der Waals surface area contributed by atoms with Gasteiger partial charge in [-0.2, -0.15) is 11.8 Å². The summed E-state index contributed by atoms with van der Waals surface area (Å²) in [5, 5.41) is 3.57. The highest BCUT2D eigenvalue weighted by Crippen LogP contribution is 2.22. The van der Waals surface area contributed by atoms with Gasteiger partial charge in [-0.25, -0.2) is 0 Å². The second kappa shape index (κ2) is 7.69. The van der Waals surface area contributed by atoms with Crippen LogP contribution in [0.25, 0.3) is 0 Å². The average molecular weight is 201 g/mol. The van der Waals surface area contributed by atoms with Gasteiger partial charge in [0.15, 0.2) is 0 Å². The summed E-state index contributed by atoms with van der Waals surface area (Å²) < 4.78 is 0. The van der Waals surface area contributed by atoms with Gasteiger partial charge in [-0.1, -0.05) is 26.2 Å². The van der Waals surface area contributed by atoms with Crippen LogP contribution in [0.2, 0.25) is 0 Å². The molecule has 1 aliphatic heterocycles. The molecule has 0 amide bonds. The number of hydrogen-bond donors (Lipinski definition) is 1. The van der Waals surface area contributed by atoms with E-state index in [0.29, 0.717) is 0 Å². The average Bonchev–Trinajstić information content (AvgIpc) is 2.63. The van der Waals surface area contributed by atoms with Gasteiger partial charge in [0, 0.05) is 0 Å². The maximum Gasteiger partial charge on any atom is -0.00123 e. The lowest BCUT2D eigenvalue weighted by Gasteiger charge is -2.09. The van der Waals surface area contributed by atoms with E-state index < -0.39 is 0 Å². The predicted molar refractivity (Wildman–Crippen MR) is 62.4 cm³/mol. The molecule has 1 atom stereocenters. The van der Waals surface area contributed by atoms with Crippen LogP contribution in [0.4, 0.5) is 0 Å². The van der Waals surface area contributed by atoms with E-state index in [4.69, 9.17) is 0 Å². The largest absolute Gasteiger partial charge is 0.316 e. The van der Waals surface area contributed by atoms with Gasteiger partial charge in [0.2, 0.25) is 0 Å². The van der Waals surface area contributed by atoms with Crippen molar-refractivity contribution >= 4 is 11.8 Å². The molecule has 1 fully saturated rings. The third-order valence-electron chi connectivity index (χ3n) is 2.66. The molecule has 1 N–H and O–H groups in total. The lowest BCUT2D eigenvalue weighted by atomic mass is 10.1. The second-order valence-corrected chi connectivity index (χ2v) is 5.14. The number of unbranched alkanes of at least 4 members (excludes halogenated alkanes) is 3. The number of thioether (sulfide) groups is 1. The quantitative estimate of drug-likeness (QED) is 0.636. The number of hydrogen-bond acceptors (Lipinski definition) is 2. The topological polar surface area (TPSA) is 12.0 Å². The zero-order valence-electron chi connectivity index (χ0n) is 8.85. The molecule has 0 aromatic heterocycles. The fraction of sp³-hybridized carbons (Fsp3) is 1.00. The molecule has 1 aliphatic rings. The summed E-state index contributed by atoms with van der Waals surface area (Å²) in [4.78, 5) is 0. The molecule has 2 heteroatoms. The molecular formula is C11H23NS. The fourth-order valence-corrected chi connectivity index (χ4v) is 3.01. The Balaban J connectivity index is 1.78. The maximum atomic E-state index is 3.57. The molecule has 0 radical (unpaired) electrons. The molecule has 0 aromatic rings. The molecule has 0 aliphatic carbocycles. The van der Waals surface area contributed by atoms with E-state index in [0.717, 1.165) is 5.92 Å². The highest BCUT2D eigenvalue weighted by atomic mass is 32.2. The van der Waals surface area contributed by atoms with Crippen molar-refractivity contribution in [2.24, 2.45) is 5.92 Å². The predicted octanol–water partition coefficient (Wildman–Crippen LogP) is 2.91. The van der Waals surface area contributed by atoms with Crippen molar-refractivity contribution in [3.05, 3.63) is 0 Å². The van der Waals surface area contributed by atoms with Crippen LogP contribution in [0.15, 0.2) is 0 Å². The number of rotatable bonds is 7. The summed E-state index contributed by atoms with van der Waals surface area (Å²) in [6.07, 6.45) is 6.96. The van der Waals surface area contributed by atoms with Crippen LogP contribution in [-0.4, -0.2) is 24.6 Å². The maximum absolute atomic E-state index is 3.57. The van der Waals surface area contributed by atoms with Gasteiger partial charge in [0.25, 0.3) is 0 Å². The first-order valence-electron chi connectivity index (χ1n) is 5.72. The molecule has 1 heterocycles. The van der Waals surface area contributed by atoms with Gasteiger partial charge in [-0.05, 0) is 43.4 Å². The lowest BCUT2D eigenvalue weighted by Crippen LogP contribution is -2.23. The summed E-state index contributed by atoms with van der Waals surface area (Å²) in [5.41, 5.74) is 0. The Hall–Kier alpha value is 0.310. The summed E-state index contributed by atoms with van der Waals surface area (Å²) >= 11 is 2.11. The minimum absolute atomic E-state index is 0.969. The summed E-state index contributed by atoms with van der Waals surface area (Å²) in [6, 6.07) is 0. The molecule has 1 saturated heterocycles. The van der Waals surface area contributed by atoms with E-state index >= 15 is 0 Å². The Morgan fingerprint density at radius 3 is 2.92 bits per heavy atom. The van der Waals surface area contributed by atoms with Crippen molar-refractivity contribution in [1.29, 1.82) is 0 Å². The van der Waals surface area contributed by atoms with Gasteiger partial charge < -0.3 is 5.32 Å². The SMILES string of the molecule is CCCCCCNCC1CCSC1. The molecule has 0 bridgehead atoms. The first-order valence-corrected chi connectivity index (χ1v) is 6.87. The van der Waals surface area contributed by atoms with E-state index in [9.17, 15) is 0 Å². The third-order valence-corrected chi connectivity index (χ3v) is 3.90. The standard InChI is InChI=1S/C11H23NS/c1-2-3-4-5-7-12-9-11-6-8-13-10-11/h11-12H,2-10H2,1H3. The zero-order valence-corrected chi connectivity index (χ0v) is 9.67. The van der Waals surface area contributed by atoms with Crippen LogP contribution in [0.1, 0.15) is 39.0 Å². The fourth-order valence-electron chi connectivity index (χ4n) is 1.73. The van der Waals surface area contributed by atoms with E-state index in [1.54, 1.807) is 0 Å². The Labute approximate surface area is 87.1 Å². The van der Waals surface area contributed by atoms with Crippen LogP contribution < -0.4 is 5.32 Å². The number of nitrogens with one attached hydrogen (secondary N) is 1. The van der Waals surface area contributed by atoms with Crippen molar-refractivity contribution in [2.45, 2.75) is 39.0 Å². The molecule has 1 unspecified atom stereocenters. The van der Waals surface area contributed by atoms with Gasteiger partial charge in [-0.3, -0.25) is 0 Å². The molecular weight excluding hydrogens is 178 g/mol. The van der Waals surface area contributed by atoms with Crippen molar-refractivity contribution in [3.63, 3.8) is 0 Å². The van der Waals surface area contributed by atoms with Gasteiger partial charge in [-0.15, -0.1) is 0 Å². The van der Waals surface area contributed by atoms with Crippen LogP contribution in [0.3, 0.4) is 0 Å². The zero-order chi connectivity index (χ0) is 9.36. The van der Waals surface area contributed by atoms with Gasteiger partial charge >= 0.3 is 0 Å². The van der Waals surface area contributed by atoms with E-state index in [1.165, 1.54) is 56.7 Å². The van der Waals surface area contributed by atoms with Gasteiger partial charge in [0.05, 0.1) is 0 Å². The highest BCUT2D eigenvalue weighted by molar-refractivity contribution is 7.99. The molecule has 0 aromatic carbocycles. The monoisotopic (exact) mass is 201 g/mol. The summed E-state index contributed by atoms with van der Waals surface area (Å²) in [7, 11) is 0. The highest BCUT2D eigenvalue weighted by Gasteiger charge is 2.13. The van der Waals surface area contributed by atoms with Crippen molar-refractivity contribution in [1.82, 2.24) is 5.32 Å². The molecule has 0 spiro atoms. The van der Waals surface area contributed by atoms with Crippen LogP contribution in [0.5, 0.6) is 0 Å². The molecule has 1 nitrogen and oxygen atoms in total. The molecule has 0 saturated carbocycles. The molecule has 13 heavy (non-hydrogen) atoms. The van der Waals surface area contributed by atoms with Crippen LogP contribution in [-0.2, 0) is 0 Å². The Morgan fingerprint density at radius 1 is 1.31 bits per heavy atom. The molecule has 78 valence electrons. The van der Waals surface area contributed by atoms with E-state index in [2.05, 4.69) is 24.0 Å². The van der Waals surface area contributed by atoms with E-state index in [1.807, 2.05) is 0 Å². The van der Waals surface area contributed by atoms with Crippen LogP contribution in [0, 0.1) is 5.92 Å². The lowest BCUT2D eigenvalue weighted by molar-refractivity contribution is 0.507. The summed E-state index contributed by atoms with van der Waals surface area (Å²) in [6.45, 7) is 4.77. The van der Waals surface area contributed by atoms with E-state index in [-0.39, 0.29) is 0 Å². The minimum atomic E-state index is 0.969. The normalized spacial score (nSPS) is 22.4. The smallest absolute Gasteiger partial charge is 0.00123 e.